The van der Waals surface area contributed by atoms with Gasteiger partial charge in [-0.15, -0.1) is 0 Å². The first-order valence-corrected chi connectivity index (χ1v) is 16.7. The molecule has 1 unspecified atom stereocenters. The molecule has 6 atom stereocenters. The van der Waals surface area contributed by atoms with Crippen molar-refractivity contribution in [3.63, 3.8) is 0 Å². The van der Waals surface area contributed by atoms with Gasteiger partial charge in [0.1, 0.15) is 24.2 Å². The number of nitrogens with two attached hydrogens (primary N) is 4. The number of nitrogens with one attached hydrogen (secondary N) is 6. The van der Waals surface area contributed by atoms with E-state index in [1.165, 1.54) is 6.92 Å². The quantitative estimate of drug-likeness (QED) is 0.0609. The maximum atomic E-state index is 13.4. The predicted molar refractivity (Wildman–Crippen MR) is 186 cm³/mol. The van der Waals surface area contributed by atoms with Crippen LogP contribution in [0.15, 0.2) is 30.5 Å². The number of carbonyl (C=O) groups excluding carboxylic acids is 7. The van der Waals surface area contributed by atoms with E-state index in [4.69, 9.17) is 22.9 Å². The van der Waals surface area contributed by atoms with Crippen molar-refractivity contribution in [2.24, 2.45) is 28.9 Å². The van der Waals surface area contributed by atoms with Crippen LogP contribution in [0.2, 0.25) is 0 Å². The summed E-state index contributed by atoms with van der Waals surface area (Å²) < 4.78 is 0. The van der Waals surface area contributed by atoms with Crippen molar-refractivity contribution in [2.75, 3.05) is 13.1 Å². The zero-order valence-electron chi connectivity index (χ0n) is 28.9. The highest BCUT2D eigenvalue weighted by Gasteiger charge is 2.31. The number of aromatic amines is 1. The molecule has 14 N–H and O–H groups in total. The van der Waals surface area contributed by atoms with Crippen molar-refractivity contribution >= 4 is 52.3 Å². The van der Waals surface area contributed by atoms with Gasteiger partial charge in [-0.25, -0.2) is 0 Å². The van der Waals surface area contributed by atoms with E-state index in [1.807, 2.05) is 31.2 Å². The summed E-state index contributed by atoms with van der Waals surface area (Å²) in [7, 11) is 0. The van der Waals surface area contributed by atoms with Gasteiger partial charge in [0.15, 0.2) is 0 Å². The molecule has 0 radical (unpaired) electrons. The first-order valence-electron chi connectivity index (χ1n) is 16.7. The lowest BCUT2D eigenvalue weighted by Gasteiger charge is -2.27. The number of carbonyl (C=O) groups is 7. The number of unbranched alkanes of at least 4 members (excludes halogenated alkanes) is 1. The lowest BCUT2D eigenvalue weighted by atomic mass is 9.97. The SMILES string of the molecule is CCC(C)[C@H](NC(=O)CNC(=O)[C@H](C)NC(=O)[C@@H](N)Cc1c[nH]c2ccccc12)C(=O)N[C@@H](CCCCN)C(=O)N[C@@H](CCC(N)=O)C(N)=O. The Bertz CT molecular complexity index is 1500. The van der Waals surface area contributed by atoms with Crippen molar-refractivity contribution in [2.45, 2.75) is 95.9 Å². The Morgan fingerprint density at radius 1 is 0.820 bits per heavy atom. The van der Waals surface area contributed by atoms with Gasteiger partial charge in [0.2, 0.25) is 41.4 Å². The molecule has 17 nitrogen and oxygen atoms in total. The molecule has 0 bridgehead atoms. The molecule has 17 heteroatoms. The molecule has 1 heterocycles. The molecule has 2 aromatic rings. The second-order valence-corrected chi connectivity index (χ2v) is 12.4. The Morgan fingerprint density at radius 3 is 2.14 bits per heavy atom. The fraction of sp³-hybridized carbons (Fsp3) is 0.545. The highest BCUT2D eigenvalue weighted by molar-refractivity contribution is 5.96. The molecule has 2 rings (SSSR count). The Kier molecular flexibility index (Phi) is 16.8. The Labute approximate surface area is 291 Å². The van der Waals surface area contributed by atoms with E-state index in [-0.39, 0.29) is 31.6 Å². The molecule has 0 aliphatic rings. The predicted octanol–water partition coefficient (Wildman–Crippen LogP) is -1.96. The molecule has 50 heavy (non-hydrogen) atoms. The summed E-state index contributed by atoms with van der Waals surface area (Å²) in [5, 5.41) is 13.7. The van der Waals surface area contributed by atoms with Crippen molar-refractivity contribution in [1.29, 1.82) is 0 Å². The fourth-order valence-corrected chi connectivity index (χ4v) is 5.13. The van der Waals surface area contributed by atoms with Gasteiger partial charge in [0, 0.05) is 23.5 Å². The average molecular weight is 701 g/mol. The number of hydrogen-bond donors (Lipinski definition) is 10. The summed E-state index contributed by atoms with van der Waals surface area (Å²) in [5.74, 6) is -5.17. The third-order valence-corrected chi connectivity index (χ3v) is 8.36. The molecule has 0 aliphatic carbocycles. The van der Waals surface area contributed by atoms with Gasteiger partial charge < -0.3 is 54.5 Å². The molecule has 0 saturated carbocycles. The van der Waals surface area contributed by atoms with Gasteiger partial charge in [-0.05, 0) is 63.1 Å². The zero-order chi connectivity index (χ0) is 37.4. The van der Waals surface area contributed by atoms with E-state index in [0.717, 1.165) is 16.5 Å². The smallest absolute Gasteiger partial charge is 0.243 e. The maximum absolute atomic E-state index is 13.4. The van der Waals surface area contributed by atoms with Crippen LogP contribution < -0.4 is 49.5 Å². The van der Waals surface area contributed by atoms with E-state index in [0.29, 0.717) is 25.8 Å². The van der Waals surface area contributed by atoms with Gasteiger partial charge >= 0.3 is 0 Å². The van der Waals surface area contributed by atoms with E-state index in [2.05, 4.69) is 31.6 Å². The molecule has 7 amide bonds. The van der Waals surface area contributed by atoms with E-state index >= 15 is 0 Å². The molecule has 0 saturated heterocycles. The number of amides is 7. The highest BCUT2D eigenvalue weighted by Crippen LogP contribution is 2.19. The number of hydrogen-bond acceptors (Lipinski definition) is 9. The average Bonchev–Trinajstić information content (AvgIpc) is 3.48. The summed E-state index contributed by atoms with van der Waals surface area (Å²) in [6.45, 7) is 4.85. The van der Waals surface area contributed by atoms with Crippen LogP contribution in [-0.4, -0.2) is 89.6 Å². The monoisotopic (exact) mass is 700 g/mol. The van der Waals surface area contributed by atoms with Crippen LogP contribution in [0.5, 0.6) is 0 Å². The fourth-order valence-electron chi connectivity index (χ4n) is 5.13. The van der Waals surface area contributed by atoms with E-state index < -0.39 is 78.1 Å². The number of benzene rings is 1. The van der Waals surface area contributed by atoms with Crippen LogP contribution in [0, 0.1) is 5.92 Å². The van der Waals surface area contributed by atoms with Gasteiger partial charge in [-0.3, -0.25) is 33.6 Å². The first-order chi connectivity index (χ1) is 23.7. The summed E-state index contributed by atoms with van der Waals surface area (Å²) in [5.41, 5.74) is 24.0. The molecular weight excluding hydrogens is 648 g/mol. The van der Waals surface area contributed by atoms with Crippen molar-refractivity contribution in [1.82, 2.24) is 31.6 Å². The standard InChI is InChI=1S/C33H52N10O7/c1-4-18(2)28(33(50)42-25(11-7-8-14-34)32(49)41-24(29(37)46)12-13-26(36)44)43-27(45)17-39-30(47)19(3)40-31(48)22(35)15-20-16-38-23-10-6-5-9-21(20)23/h5-6,9-10,16,18-19,22,24-25,28,38H,4,7-8,11-15,17,34-35H2,1-3H3,(H2,36,44)(H2,37,46)(H,39,47)(H,40,48)(H,41,49)(H,42,50)(H,43,45)/t18?,19-,22-,24-,25-,28-/m0/s1. The Morgan fingerprint density at radius 2 is 1.50 bits per heavy atom. The lowest BCUT2D eigenvalue weighted by Crippen LogP contribution is -2.58. The number of H-pyrrole nitrogens is 1. The summed E-state index contributed by atoms with van der Waals surface area (Å²) >= 11 is 0. The normalized spacial score (nSPS) is 14.7. The summed E-state index contributed by atoms with van der Waals surface area (Å²) in [6, 6.07) is 2.25. The van der Waals surface area contributed by atoms with Crippen LogP contribution in [0.4, 0.5) is 0 Å². The van der Waals surface area contributed by atoms with E-state index in [1.54, 1.807) is 13.1 Å². The second kappa shape index (κ2) is 20.5. The molecule has 0 aliphatic heterocycles. The molecule has 1 aromatic heterocycles. The molecule has 0 spiro atoms. The topological polar surface area (TPSA) is 300 Å². The number of primary amides is 2. The third kappa shape index (κ3) is 13.1. The minimum Gasteiger partial charge on any atom is -0.370 e. The molecule has 0 fully saturated rings. The minimum atomic E-state index is -1.19. The van der Waals surface area contributed by atoms with Crippen molar-refractivity contribution in [3.8, 4) is 0 Å². The minimum absolute atomic E-state index is 0.114. The van der Waals surface area contributed by atoms with Crippen LogP contribution in [-0.2, 0) is 40.0 Å². The number of para-hydroxylation sites is 1. The maximum Gasteiger partial charge on any atom is 0.243 e. The number of fused-ring (bicyclic) bond motifs is 1. The van der Waals surface area contributed by atoms with Crippen LogP contribution in [0.1, 0.15) is 64.9 Å². The van der Waals surface area contributed by atoms with Gasteiger partial charge in [-0.1, -0.05) is 38.5 Å². The van der Waals surface area contributed by atoms with Gasteiger partial charge in [0.25, 0.3) is 0 Å². The summed E-state index contributed by atoms with van der Waals surface area (Å²) in [4.78, 5) is 91.2. The van der Waals surface area contributed by atoms with Gasteiger partial charge in [0.05, 0.1) is 12.6 Å². The van der Waals surface area contributed by atoms with Crippen molar-refractivity contribution in [3.05, 3.63) is 36.0 Å². The van der Waals surface area contributed by atoms with Crippen LogP contribution in [0.3, 0.4) is 0 Å². The zero-order valence-corrected chi connectivity index (χ0v) is 28.9. The molecular formula is C33H52N10O7. The number of rotatable bonds is 22. The third-order valence-electron chi connectivity index (χ3n) is 8.36. The molecule has 1 aromatic carbocycles. The molecule has 276 valence electrons. The highest BCUT2D eigenvalue weighted by atomic mass is 16.2. The van der Waals surface area contributed by atoms with Crippen molar-refractivity contribution < 1.29 is 33.6 Å². The first kappa shape index (κ1) is 41.1. The van der Waals surface area contributed by atoms with Crippen LogP contribution >= 0.6 is 0 Å². The van der Waals surface area contributed by atoms with Crippen LogP contribution in [0.25, 0.3) is 10.9 Å². The Hall–Kier alpha value is -5.03. The van der Waals surface area contributed by atoms with E-state index in [9.17, 15) is 33.6 Å². The Balaban J connectivity index is 1.98. The second-order valence-electron chi connectivity index (χ2n) is 12.4. The lowest BCUT2D eigenvalue weighted by molar-refractivity contribution is -0.134. The number of aromatic nitrogens is 1. The summed E-state index contributed by atoms with van der Waals surface area (Å²) in [6.07, 6.45) is 3.38. The largest absolute Gasteiger partial charge is 0.370 e. The van der Waals surface area contributed by atoms with Gasteiger partial charge in [-0.2, -0.15) is 0 Å².